The molecule has 2 N–H and O–H groups in total. The number of benzene rings is 1. The highest BCUT2D eigenvalue weighted by Crippen LogP contribution is 2.19. The number of H-pyrrole nitrogens is 1. The van der Waals surface area contributed by atoms with Gasteiger partial charge in [0, 0.05) is 11.8 Å². The van der Waals surface area contributed by atoms with Gasteiger partial charge in [0.25, 0.3) is 5.56 Å². The van der Waals surface area contributed by atoms with Crippen molar-refractivity contribution in [1.82, 2.24) is 9.97 Å². The number of hydrogen-bond acceptors (Lipinski definition) is 4. The molecule has 2 aromatic rings. The molecule has 112 valence electrons. The van der Waals surface area contributed by atoms with E-state index in [0.717, 1.165) is 23.6 Å². The van der Waals surface area contributed by atoms with E-state index < -0.39 is 0 Å². The molecule has 2 rings (SSSR count). The van der Waals surface area contributed by atoms with Crippen molar-refractivity contribution in [3.05, 3.63) is 46.4 Å². The van der Waals surface area contributed by atoms with E-state index in [2.05, 4.69) is 22.2 Å². The molecule has 21 heavy (non-hydrogen) atoms. The Bertz CT molecular complexity index is 633. The van der Waals surface area contributed by atoms with Crippen LogP contribution in [0.3, 0.4) is 0 Å². The summed E-state index contributed by atoms with van der Waals surface area (Å²) in [6.45, 7) is 6.79. The monoisotopic (exact) mass is 287 g/mol. The largest absolute Gasteiger partial charge is 0.494 e. The highest BCUT2D eigenvalue weighted by molar-refractivity contribution is 5.54. The summed E-state index contributed by atoms with van der Waals surface area (Å²) < 4.78 is 5.53. The van der Waals surface area contributed by atoms with Crippen molar-refractivity contribution in [3.8, 4) is 5.75 Å². The Kier molecular flexibility index (Phi) is 4.98. The molecule has 0 bridgehead atoms. The fourth-order valence-electron chi connectivity index (χ4n) is 1.82. The topological polar surface area (TPSA) is 67.0 Å². The predicted octanol–water partition coefficient (Wildman–Crippen LogP) is 3.43. The maximum Gasteiger partial charge on any atom is 0.252 e. The van der Waals surface area contributed by atoms with Crippen LogP contribution in [0.2, 0.25) is 0 Å². The van der Waals surface area contributed by atoms with E-state index in [1.807, 2.05) is 38.1 Å². The molecule has 0 radical (unpaired) electrons. The molecular formula is C16H21N3O2. The van der Waals surface area contributed by atoms with E-state index in [9.17, 15) is 4.79 Å². The van der Waals surface area contributed by atoms with Crippen molar-refractivity contribution >= 4 is 11.6 Å². The minimum atomic E-state index is -0.154. The van der Waals surface area contributed by atoms with Gasteiger partial charge in [-0.15, -0.1) is 0 Å². The fourth-order valence-corrected chi connectivity index (χ4v) is 1.82. The number of rotatable bonds is 6. The zero-order valence-electron chi connectivity index (χ0n) is 12.6. The molecule has 1 aromatic carbocycles. The van der Waals surface area contributed by atoms with Gasteiger partial charge in [-0.3, -0.25) is 9.78 Å². The van der Waals surface area contributed by atoms with Gasteiger partial charge >= 0.3 is 0 Å². The van der Waals surface area contributed by atoms with E-state index >= 15 is 0 Å². The third-order valence-electron chi connectivity index (χ3n) is 2.94. The molecule has 0 spiro atoms. The number of nitrogens with zero attached hydrogens (tertiary/aromatic N) is 1. The van der Waals surface area contributed by atoms with Gasteiger partial charge in [-0.1, -0.05) is 20.8 Å². The van der Waals surface area contributed by atoms with Crippen LogP contribution in [0.15, 0.2) is 35.1 Å². The Morgan fingerprint density at radius 2 is 2.00 bits per heavy atom. The standard InChI is InChI=1S/C16H21N3O2/c1-4-9-21-13-7-5-12(6-8-13)17-16-18-14(11(2)3)10-15(20)19-16/h5-8,10-11H,4,9H2,1-3H3,(H2,17,18,19,20). The quantitative estimate of drug-likeness (QED) is 0.854. The minimum Gasteiger partial charge on any atom is -0.494 e. The van der Waals surface area contributed by atoms with Crippen molar-refractivity contribution in [2.75, 3.05) is 11.9 Å². The molecule has 1 aromatic heterocycles. The van der Waals surface area contributed by atoms with Gasteiger partial charge in [-0.05, 0) is 36.6 Å². The van der Waals surface area contributed by atoms with E-state index in [1.165, 1.54) is 6.07 Å². The average Bonchev–Trinajstić information content (AvgIpc) is 2.46. The van der Waals surface area contributed by atoms with Crippen molar-refractivity contribution < 1.29 is 4.74 Å². The lowest BCUT2D eigenvalue weighted by Crippen LogP contribution is -2.12. The smallest absolute Gasteiger partial charge is 0.252 e. The Balaban J connectivity index is 2.12. The predicted molar refractivity (Wildman–Crippen MR) is 84.5 cm³/mol. The second kappa shape index (κ2) is 6.92. The molecule has 0 aliphatic heterocycles. The summed E-state index contributed by atoms with van der Waals surface area (Å²) in [6.07, 6.45) is 0.979. The molecule has 0 aliphatic carbocycles. The van der Waals surface area contributed by atoms with Gasteiger partial charge in [0.2, 0.25) is 5.95 Å². The third kappa shape index (κ3) is 4.34. The Morgan fingerprint density at radius 1 is 1.29 bits per heavy atom. The first-order valence-electron chi connectivity index (χ1n) is 7.19. The van der Waals surface area contributed by atoms with Crippen LogP contribution in [-0.2, 0) is 0 Å². The first-order chi connectivity index (χ1) is 10.1. The van der Waals surface area contributed by atoms with Crippen molar-refractivity contribution in [2.24, 2.45) is 0 Å². The molecule has 0 amide bonds. The zero-order valence-corrected chi connectivity index (χ0v) is 12.6. The summed E-state index contributed by atoms with van der Waals surface area (Å²) in [7, 11) is 0. The number of anilines is 2. The third-order valence-corrected chi connectivity index (χ3v) is 2.94. The van der Waals surface area contributed by atoms with Gasteiger partial charge < -0.3 is 10.1 Å². The molecule has 0 saturated carbocycles. The maximum atomic E-state index is 11.6. The second-order valence-corrected chi connectivity index (χ2v) is 5.17. The van der Waals surface area contributed by atoms with Gasteiger partial charge in [0.1, 0.15) is 5.75 Å². The zero-order chi connectivity index (χ0) is 15.2. The van der Waals surface area contributed by atoms with Gasteiger partial charge in [0.05, 0.1) is 12.3 Å². The number of aromatic amines is 1. The second-order valence-electron chi connectivity index (χ2n) is 5.17. The van der Waals surface area contributed by atoms with Crippen LogP contribution in [0.25, 0.3) is 0 Å². The lowest BCUT2D eigenvalue weighted by molar-refractivity contribution is 0.317. The van der Waals surface area contributed by atoms with Crippen molar-refractivity contribution in [3.63, 3.8) is 0 Å². The lowest BCUT2D eigenvalue weighted by Gasteiger charge is -2.10. The molecule has 5 nitrogen and oxygen atoms in total. The average molecular weight is 287 g/mol. The van der Waals surface area contributed by atoms with Crippen LogP contribution in [0.4, 0.5) is 11.6 Å². The number of nitrogens with one attached hydrogen (secondary N) is 2. The van der Waals surface area contributed by atoms with Gasteiger partial charge in [-0.2, -0.15) is 0 Å². The highest BCUT2D eigenvalue weighted by Gasteiger charge is 2.05. The number of aromatic nitrogens is 2. The summed E-state index contributed by atoms with van der Waals surface area (Å²) >= 11 is 0. The lowest BCUT2D eigenvalue weighted by atomic mass is 10.1. The van der Waals surface area contributed by atoms with Crippen molar-refractivity contribution in [1.29, 1.82) is 0 Å². The van der Waals surface area contributed by atoms with Crippen LogP contribution in [0.5, 0.6) is 5.75 Å². The van der Waals surface area contributed by atoms with E-state index in [4.69, 9.17) is 4.74 Å². The van der Waals surface area contributed by atoms with E-state index in [0.29, 0.717) is 12.6 Å². The molecule has 0 saturated heterocycles. The molecular weight excluding hydrogens is 266 g/mol. The molecule has 0 aliphatic rings. The molecule has 5 heteroatoms. The van der Waals surface area contributed by atoms with Crippen LogP contribution in [0, 0.1) is 0 Å². The Labute approximate surface area is 124 Å². The first kappa shape index (κ1) is 15.1. The molecule has 0 fully saturated rings. The Hall–Kier alpha value is -2.30. The van der Waals surface area contributed by atoms with Crippen LogP contribution < -0.4 is 15.6 Å². The summed E-state index contributed by atoms with van der Waals surface area (Å²) in [5, 5.41) is 3.10. The highest BCUT2D eigenvalue weighted by atomic mass is 16.5. The summed E-state index contributed by atoms with van der Waals surface area (Å²) in [5.41, 5.74) is 1.46. The molecule has 0 unspecified atom stereocenters. The first-order valence-corrected chi connectivity index (χ1v) is 7.19. The van der Waals surface area contributed by atoms with Crippen LogP contribution >= 0.6 is 0 Å². The normalized spacial score (nSPS) is 10.7. The van der Waals surface area contributed by atoms with Gasteiger partial charge in [0.15, 0.2) is 0 Å². The molecule has 1 heterocycles. The number of hydrogen-bond donors (Lipinski definition) is 2. The van der Waals surface area contributed by atoms with Crippen molar-refractivity contribution in [2.45, 2.75) is 33.1 Å². The summed E-state index contributed by atoms with van der Waals surface area (Å²) in [5.74, 6) is 1.49. The minimum absolute atomic E-state index is 0.154. The SMILES string of the molecule is CCCOc1ccc(Nc2nc(C(C)C)cc(=O)[nH]2)cc1. The van der Waals surface area contributed by atoms with Gasteiger partial charge in [-0.25, -0.2) is 4.98 Å². The Morgan fingerprint density at radius 3 is 2.62 bits per heavy atom. The summed E-state index contributed by atoms with van der Waals surface area (Å²) in [6, 6.07) is 9.10. The van der Waals surface area contributed by atoms with E-state index in [-0.39, 0.29) is 11.5 Å². The van der Waals surface area contributed by atoms with E-state index in [1.54, 1.807) is 0 Å². The fraction of sp³-hybridized carbons (Fsp3) is 0.375. The van der Waals surface area contributed by atoms with Crippen LogP contribution in [-0.4, -0.2) is 16.6 Å². The number of ether oxygens (including phenoxy) is 1. The maximum absolute atomic E-state index is 11.6. The van der Waals surface area contributed by atoms with Crippen LogP contribution in [0.1, 0.15) is 38.8 Å². The molecule has 0 atom stereocenters. The summed E-state index contributed by atoms with van der Waals surface area (Å²) in [4.78, 5) is 18.7.